The molecule has 0 aliphatic rings. The Bertz CT molecular complexity index is 348. The summed E-state index contributed by atoms with van der Waals surface area (Å²) in [7, 11) is 0. The van der Waals surface area contributed by atoms with Crippen LogP contribution in [0.2, 0.25) is 0 Å². The molecule has 3 heteroatoms. The number of benzene rings is 1. The van der Waals surface area contributed by atoms with Crippen LogP contribution >= 0.6 is 15.9 Å². The molecule has 0 aliphatic carbocycles. The molecule has 2 N–H and O–H groups in total. The zero-order valence-corrected chi connectivity index (χ0v) is 12.6. The molecule has 96 valence electrons. The van der Waals surface area contributed by atoms with Gasteiger partial charge in [-0.15, -0.1) is 0 Å². The van der Waals surface area contributed by atoms with E-state index in [9.17, 15) is 0 Å². The van der Waals surface area contributed by atoms with Crippen LogP contribution in [0.3, 0.4) is 0 Å². The second-order valence-electron chi connectivity index (χ2n) is 4.32. The van der Waals surface area contributed by atoms with Gasteiger partial charge in [-0.3, -0.25) is 0 Å². The minimum atomic E-state index is 0.255. The third-order valence-electron chi connectivity index (χ3n) is 3.16. The molecular weight excluding hydrogens is 276 g/mol. The topological polar surface area (TPSA) is 29.3 Å². The molecule has 1 aromatic rings. The molecule has 0 saturated heterocycles. The van der Waals surface area contributed by atoms with Crippen LogP contribution in [0.1, 0.15) is 32.8 Å². The Morgan fingerprint density at radius 3 is 2.41 bits per heavy atom. The van der Waals surface area contributed by atoms with E-state index in [-0.39, 0.29) is 6.04 Å². The molecule has 1 aromatic carbocycles. The molecular formula is C14H23BrN2. The average Bonchev–Trinajstić information content (AvgIpc) is 2.33. The molecule has 0 heterocycles. The van der Waals surface area contributed by atoms with Crippen molar-refractivity contribution in [2.75, 3.05) is 18.0 Å². The molecule has 0 radical (unpaired) electrons. The first kappa shape index (κ1) is 14.5. The van der Waals surface area contributed by atoms with Gasteiger partial charge in [0.05, 0.1) is 0 Å². The lowest BCUT2D eigenvalue weighted by atomic mass is 10.0. The maximum atomic E-state index is 6.06. The summed E-state index contributed by atoms with van der Waals surface area (Å²) in [6.45, 7) is 8.57. The van der Waals surface area contributed by atoms with Crippen molar-refractivity contribution in [3.8, 4) is 0 Å². The molecule has 1 unspecified atom stereocenters. The van der Waals surface area contributed by atoms with E-state index in [4.69, 9.17) is 5.73 Å². The Kier molecular flexibility index (Phi) is 6.00. The average molecular weight is 299 g/mol. The monoisotopic (exact) mass is 298 g/mol. The number of nitrogens with two attached hydrogens (primary N) is 1. The highest BCUT2D eigenvalue weighted by Gasteiger charge is 2.11. The summed E-state index contributed by atoms with van der Waals surface area (Å²) in [4.78, 5) is 2.38. The van der Waals surface area contributed by atoms with Crippen molar-refractivity contribution in [1.82, 2.24) is 0 Å². The quantitative estimate of drug-likeness (QED) is 0.870. The van der Waals surface area contributed by atoms with E-state index in [2.05, 4.69) is 59.8 Å². The predicted molar refractivity (Wildman–Crippen MR) is 79.7 cm³/mol. The summed E-state index contributed by atoms with van der Waals surface area (Å²) >= 11 is 3.55. The first-order valence-electron chi connectivity index (χ1n) is 6.41. The van der Waals surface area contributed by atoms with E-state index in [1.807, 2.05) is 0 Å². The van der Waals surface area contributed by atoms with E-state index < -0.39 is 0 Å². The largest absolute Gasteiger partial charge is 0.372 e. The number of rotatable bonds is 6. The minimum absolute atomic E-state index is 0.255. The van der Waals surface area contributed by atoms with Crippen molar-refractivity contribution in [3.63, 3.8) is 0 Å². The Morgan fingerprint density at radius 1 is 1.24 bits per heavy atom. The van der Waals surface area contributed by atoms with Gasteiger partial charge in [-0.05, 0) is 44.4 Å². The molecule has 0 amide bonds. The van der Waals surface area contributed by atoms with Gasteiger partial charge in [0.15, 0.2) is 0 Å². The van der Waals surface area contributed by atoms with Gasteiger partial charge in [0.2, 0.25) is 0 Å². The molecule has 2 nitrogen and oxygen atoms in total. The third-order valence-corrected chi connectivity index (χ3v) is 3.65. The van der Waals surface area contributed by atoms with Gasteiger partial charge in [0.1, 0.15) is 0 Å². The number of hydrogen-bond acceptors (Lipinski definition) is 2. The van der Waals surface area contributed by atoms with E-state index in [1.54, 1.807) is 0 Å². The molecule has 0 bridgehead atoms. The maximum Gasteiger partial charge on any atom is 0.0410 e. The Hall–Kier alpha value is -0.540. The molecule has 1 atom stereocenters. The van der Waals surface area contributed by atoms with Crippen LogP contribution in [0.25, 0.3) is 0 Å². The number of nitrogens with zero attached hydrogens (tertiary/aromatic N) is 1. The van der Waals surface area contributed by atoms with Gasteiger partial charge >= 0.3 is 0 Å². The van der Waals surface area contributed by atoms with Crippen LogP contribution in [0, 0.1) is 0 Å². The number of hydrogen-bond donors (Lipinski definition) is 1. The van der Waals surface area contributed by atoms with Crippen LogP contribution in [0.5, 0.6) is 0 Å². The first-order valence-corrected chi connectivity index (χ1v) is 7.20. The van der Waals surface area contributed by atoms with Gasteiger partial charge in [-0.1, -0.05) is 28.9 Å². The summed E-state index contributed by atoms with van der Waals surface area (Å²) in [6, 6.07) is 6.74. The lowest BCUT2D eigenvalue weighted by Gasteiger charge is -2.25. The first-order chi connectivity index (χ1) is 8.12. The lowest BCUT2D eigenvalue weighted by Crippen LogP contribution is -2.26. The second kappa shape index (κ2) is 7.02. The predicted octanol–water partition coefficient (Wildman–Crippen LogP) is 3.58. The third kappa shape index (κ3) is 4.00. The standard InChI is InChI=1S/C14H23BrN2/c1-4-13(16)9-11-7-8-12(15)10-14(11)17(5-2)6-3/h7-8,10,13H,4-6,9,16H2,1-3H3. The van der Waals surface area contributed by atoms with Gasteiger partial charge in [-0.2, -0.15) is 0 Å². The smallest absolute Gasteiger partial charge is 0.0410 e. The van der Waals surface area contributed by atoms with Crippen molar-refractivity contribution >= 4 is 21.6 Å². The van der Waals surface area contributed by atoms with Crippen molar-refractivity contribution in [3.05, 3.63) is 28.2 Å². The summed E-state index contributed by atoms with van der Waals surface area (Å²) < 4.78 is 1.13. The van der Waals surface area contributed by atoms with E-state index >= 15 is 0 Å². The normalized spacial score (nSPS) is 12.5. The summed E-state index contributed by atoms with van der Waals surface area (Å²) in [6.07, 6.45) is 1.98. The highest BCUT2D eigenvalue weighted by atomic mass is 79.9. The van der Waals surface area contributed by atoms with E-state index in [0.717, 1.165) is 30.4 Å². The molecule has 0 aromatic heterocycles. The van der Waals surface area contributed by atoms with Crippen LogP contribution in [0.4, 0.5) is 5.69 Å². The van der Waals surface area contributed by atoms with Crippen LogP contribution < -0.4 is 10.6 Å². The Labute approximate surface area is 113 Å². The fraction of sp³-hybridized carbons (Fsp3) is 0.571. The molecule has 1 rings (SSSR count). The van der Waals surface area contributed by atoms with E-state index in [1.165, 1.54) is 11.3 Å². The Morgan fingerprint density at radius 2 is 1.88 bits per heavy atom. The zero-order chi connectivity index (χ0) is 12.8. The van der Waals surface area contributed by atoms with Crippen LogP contribution in [0.15, 0.2) is 22.7 Å². The highest BCUT2D eigenvalue weighted by molar-refractivity contribution is 9.10. The summed E-state index contributed by atoms with van der Waals surface area (Å²) in [5, 5.41) is 0. The fourth-order valence-corrected chi connectivity index (χ4v) is 2.34. The molecule has 0 aliphatic heterocycles. The SMILES string of the molecule is CCC(N)Cc1ccc(Br)cc1N(CC)CC. The summed E-state index contributed by atoms with van der Waals surface area (Å²) in [5.74, 6) is 0. The Balaban J connectivity index is 3.02. The van der Waals surface area contributed by atoms with Crippen molar-refractivity contribution in [1.29, 1.82) is 0 Å². The van der Waals surface area contributed by atoms with Gasteiger partial charge in [0, 0.05) is 29.3 Å². The molecule has 0 saturated carbocycles. The van der Waals surface area contributed by atoms with Gasteiger partial charge < -0.3 is 10.6 Å². The zero-order valence-electron chi connectivity index (χ0n) is 11.0. The fourth-order valence-electron chi connectivity index (χ4n) is 2.00. The van der Waals surface area contributed by atoms with Crippen molar-refractivity contribution in [2.24, 2.45) is 5.73 Å². The summed E-state index contributed by atoms with van der Waals surface area (Å²) in [5.41, 5.74) is 8.73. The molecule has 0 spiro atoms. The van der Waals surface area contributed by atoms with Gasteiger partial charge in [0.25, 0.3) is 0 Å². The van der Waals surface area contributed by atoms with Gasteiger partial charge in [-0.25, -0.2) is 0 Å². The molecule has 17 heavy (non-hydrogen) atoms. The van der Waals surface area contributed by atoms with Crippen molar-refractivity contribution < 1.29 is 0 Å². The lowest BCUT2D eigenvalue weighted by molar-refractivity contribution is 0.644. The number of halogens is 1. The highest BCUT2D eigenvalue weighted by Crippen LogP contribution is 2.26. The van der Waals surface area contributed by atoms with Crippen molar-refractivity contribution in [2.45, 2.75) is 39.7 Å². The van der Waals surface area contributed by atoms with Crippen LogP contribution in [-0.2, 0) is 6.42 Å². The maximum absolute atomic E-state index is 6.06. The minimum Gasteiger partial charge on any atom is -0.372 e. The second-order valence-corrected chi connectivity index (χ2v) is 5.23. The number of anilines is 1. The van der Waals surface area contributed by atoms with E-state index in [0.29, 0.717) is 0 Å². The van der Waals surface area contributed by atoms with Crippen LogP contribution in [-0.4, -0.2) is 19.1 Å². The molecule has 0 fully saturated rings.